The Morgan fingerprint density at radius 2 is 2.00 bits per heavy atom. The number of aromatic nitrogens is 2. The summed E-state index contributed by atoms with van der Waals surface area (Å²) in [4.78, 5) is 23.0. The molecule has 0 saturated heterocycles. The van der Waals surface area contributed by atoms with Crippen LogP contribution in [0.25, 0.3) is 10.2 Å². The van der Waals surface area contributed by atoms with Crippen molar-refractivity contribution in [2.45, 2.75) is 18.4 Å². The van der Waals surface area contributed by atoms with Gasteiger partial charge in [-0.3, -0.25) is 4.79 Å². The molecule has 0 aliphatic rings. The molecule has 136 valence electrons. The quantitative estimate of drug-likeness (QED) is 0.484. The number of thioether (sulfide) groups is 1. The van der Waals surface area contributed by atoms with Crippen molar-refractivity contribution in [3.05, 3.63) is 35.5 Å². The molecule has 2 heterocycles. The number of anilines is 1. The van der Waals surface area contributed by atoms with Crippen molar-refractivity contribution in [3.8, 4) is 11.5 Å². The summed E-state index contributed by atoms with van der Waals surface area (Å²) >= 11 is 3.21. The Hall–Kier alpha value is -2.32. The molecule has 0 aliphatic heterocycles. The number of methoxy groups -OCH3 is 2. The van der Waals surface area contributed by atoms with Crippen molar-refractivity contribution in [3.63, 3.8) is 0 Å². The van der Waals surface area contributed by atoms with Crippen molar-refractivity contribution >= 4 is 44.9 Å². The first-order valence-electron chi connectivity index (χ1n) is 7.96. The molecule has 0 bridgehead atoms. The van der Waals surface area contributed by atoms with Gasteiger partial charge >= 0.3 is 0 Å². The molecule has 0 radical (unpaired) electrons. The average Bonchev–Trinajstić information content (AvgIpc) is 3.02. The zero-order chi connectivity index (χ0) is 18.5. The van der Waals surface area contributed by atoms with Crippen LogP contribution in [0, 0.1) is 6.92 Å². The van der Waals surface area contributed by atoms with Gasteiger partial charge in [-0.05, 0) is 25.1 Å². The van der Waals surface area contributed by atoms with Gasteiger partial charge in [0.2, 0.25) is 5.91 Å². The molecule has 0 atom stereocenters. The Morgan fingerprint density at radius 3 is 2.77 bits per heavy atom. The SMILES string of the molecule is COc1ccc(NC(=O)CCSc2ncnc3sc(C)cc23)cc1OC. The lowest BCUT2D eigenvalue weighted by Gasteiger charge is -2.10. The number of nitrogens with one attached hydrogen (secondary N) is 1. The van der Waals surface area contributed by atoms with Crippen molar-refractivity contribution in [1.29, 1.82) is 0 Å². The minimum absolute atomic E-state index is 0.0588. The number of benzene rings is 1. The van der Waals surface area contributed by atoms with E-state index in [0.29, 0.717) is 29.4 Å². The molecule has 3 rings (SSSR count). The van der Waals surface area contributed by atoms with Crippen molar-refractivity contribution < 1.29 is 14.3 Å². The summed E-state index contributed by atoms with van der Waals surface area (Å²) in [5.41, 5.74) is 0.676. The Labute approximate surface area is 160 Å². The van der Waals surface area contributed by atoms with Crippen LogP contribution in [0.4, 0.5) is 5.69 Å². The Balaban J connectivity index is 1.57. The van der Waals surface area contributed by atoms with E-state index >= 15 is 0 Å². The first kappa shape index (κ1) is 18.5. The lowest BCUT2D eigenvalue weighted by atomic mass is 10.2. The Kier molecular flexibility index (Phi) is 5.95. The standard InChI is InChI=1S/C18H19N3O3S2/c1-11-8-13-17(19-10-20-18(13)26-11)25-7-6-16(22)21-12-4-5-14(23-2)15(9-12)24-3/h4-5,8-10H,6-7H2,1-3H3,(H,21,22). The number of fused-ring (bicyclic) bond motifs is 1. The predicted molar refractivity (Wildman–Crippen MR) is 106 cm³/mol. The molecule has 1 N–H and O–H groups in total. The maximum absolute atomic E-state index is 12.2. The summed E-state index contributed by atoms with van der Waals surface area (Å²) in [5.74, 6) is 1.78. The molecular formula is C18H19N3O3S2. The molecule has 0 saturated carbocycles. The van der Waals surface area contributed by atoms with Crippen molar-refractivity contribution in [1.82, 2.24) is 9.97 Å². The molecular weight excluding hydrogens is 370 g/mol. The average molecular weight is 390 g/mol. The van der Waals surface area contributed by atoms with E-state index in [2.05, 4.69) is 28.3 Å². The summed E-state index contributed by atoms with van der Waals surface area (Å²) in [6.45, 7) is 2.05. The summed E-state index contributed by atoms with van der Waals surface area (Å²) in [6.07, 6.45) is 1.96. The first-order valence-corrected chi connectivity index (χ1v) is 9.76. The van der Waals surface area contributed by atoms with E-state index in [1.165, 1.54) is 4.88 Å². The van der Waals surface area contributed by atoms with Gasteiger partial charge in [-0.25, -0.2) is 9.97 Å². The third-order valence-electron chi connectivity index (χ3n) is 3.65. The number of rotatable bonds is 7. The lowest BCUT2D eigenvalue weighted by molar-refractivity contribution is -0.115. The fourth-order valence-corrected chi connectivity index (χ4v) is 4.27. The van der Waals surface area contributed by atoms with Crippen LogP contribution in [0.5, 0.6) is 11.5 Å². The number of thiophene rings is 1. The van der Waals surface area contributed by atoms with E-state index in [-0.39, 0.29) is 5.91 Å². The molecule has 6 nitrogen and oxygen atoms in total. The molecule has 0 fully saturated rings. The molecule has 0 unspecified atom stereocenters. The van der Waals surface area contributed by atoms with Gasteiger partial charge in [0.05, 0.1) is 14.2 Å². The molecule has 0 spiro atoms. The van der Waals surface area contributed by atoms with Crippen LogP contribution >= 0.6 is 23.1 Å². The third kappa shape index (κ3) is 4.25. The summed E-state index contributed by atoms with van der Waals surface area (Å²) in [5, 5.41) is 4.85. The largest absolute Gasteiger partial charge is 0.493 e. The number of nitrogens with zero attached hydrogens (tertiary/aromatic N) is 2. The highest BCUT2D eigenvalue weighted by Gasteiger charge is 2.10. The minimum atomic E-state index is -0.0588. The second kappa shape index (κ2) is 8.37. The molecule has 3 aromatic rings. The maximum Gasteiger partial charge on any atom is 0.225 e. The lowest BCUT2D eigenvalue weighted by Crippen LogP contribution is -2.12. The van der Waals surface area contributed by atoms with Crippen LogP contribution in [0.3, 0.4) is 0 Å². The van der Waals surface area contributed by atoms with E-state index in [9.17, 15) is 4.79 Å². The molecule has 0 aliphatic carbocycles. The number of hydrogen-bond donors (Lipinski definition) is 1. The summed E-state index contributed by atoms with van der Waals surface area (Å²) in [6, 6.07) is 7.38. The van der Waals surface area contributed by atoms with Crippen LogP contribution in [0.15, 0.2) is 35.6 Å². The minimum Gasteiger partial charge on any atom is -0.493 e. The maximum atomic E-state index is 12.2. The number of ether oxygens (including phenoxy) is 2. The fourth-order valence-electron chi connectivity index (χ4n) is 2.45. The number of carbonyl (C=O) groups is 1. The van der Waals surface area contributed by atoms with E-state index in [4.69, 9.17) is 9.47 Å². The van der Waals surface area contributed by atoms with Crippen LogP contribution in [-0.2, 0) is 4.79 Å². The van der Waals surface area contributed by atoms with Gasteiger partial charge in [0.15, 0.2) is 11.5 Å². The van der Waals surface area contributed by atoms with Gasteiger partial charge in [-0.1, -0.05) is 0 Å². The van der Waals surface area contributed by atoms with Crippen molar-refractivity contribution in [2.24, 2.45) is 0 Å². The van der Waals surface area contributed by atoms with E-state index in [0.717, 1.165) is 15.2 Å². The molecule has 1 amide bonds. The van der Waals surface area contributed by atoms with Crippen LogP contribution in [0.2, 0.25) is 0 Å². The zero-order valence-corrected chi connectivity index (χ0v) is 16.4. The highest BCUT2D eigenvalue weighted by molar-refractivity contribution is 7.99. The molecule has 1 aromatic carbocycles. The fraction of sp³-hybridized carbons (Fsp3) is 0.278. The van der Waals surface area contributed by atoms with E-state index in [1.54, 1.807) is 61.8 Å². The van der Waals surface area contributed by atoms with Gasteiger partial charge in [0, 0.05) is 34.2 Å². The van der Waals surface area contributed by atoms with Gasteiger partial charge < -0.3 is 14.8 Å². The third-order valence-corrected chi connectivity index (χ3v) is 5.62. The number of hydrogen-bond acceptors (Lipinski definition) is 7. The zero-order valence-electron chi connectivity index (χ0n) is 14.7. The number of carbonyl (C=O) groups excluding carboxylic acids is 1. The van der Waals surface area contributed by atoms with Crippen LogP contribution in [0.1, 0.15) is 11.3 Å². The van der Waals surface area contributed by atoms with Gasteiger partial charge in [-0.15, -0.1) is 23.1 Å². The normalized spacial score (nSPS) is 10.7. The number of amides is 1. The monoisotopic (exact) mass is 389 g/mol. The van der Waals surface area contributed by atoms with E-state index in [1.807, 2.05) is 0 Å². The number of aryl methyl sites for hydroxylation is 1. The first-order chi connectivity index (χ1) is 12.6. The van der Waals surface area contributed by atoms with Crippen LogP contribution < -0.4 is 14.8 Å². The Morgan fingerprint density at radius 1 is 1.19 bits per heavy atom. The second-order valence-corrected chi connectivity index (χ2v) is 7.79. The van der Waals surface area contributed by atoms with Gasteiger partial charge in [-0.2, -0.15) is 0 Å². The highest BCUT2D eigenvalue weighted by Crippen LogP contribution is 2.31. The topological polar surface area (TPSA) is 73.3 Å². The summed E-state index contributed by atoms with van der Waals surface area (Å²) < 4.78 is 10.4. The highest BCUT2D eigenvalue weighted by atomic mass is 32.2. The van der Waals surface area contributed by atoms with E-state index < -0.39 is 0 Å². The molecule has 26 heavy (non-hydrogen) atoms. The van der Waals surface area contributed by atoms with Crippen LogP contribution in [-0.4, -0.2) is 35.8 Å². The summed E-state index contributed by atoms with van der Waals surface area (Å²) in [7, 11) is 3.14. The van der Waals surface area contributed by atoms with Crippen molar-refractivity contribution in [2.75, 3.05) is 25.3 Å². The Bertz CT molecular complexity index is 927. The predicted octanol–water partition coefficient (Wildman–Crippen LogP) is 4.14. The van der Waals surface area contributed by atoms with Gasteiger partial charge in [0.25, 0.3) is 0 Å². The molecule has 2 aromatic heterocycles. The van der Waals surface area contributed by atoms with Gasteiger partial charge in [0.1, 0.15) is 16.2 Å². The second-order valence-electron chi connectivity index (χ2n) is 5.47. The molecule has 8 heteroatoms. The smallest absolute Gasteiger partial charge is 0.225 e.